The van der Waals surface area contributed by atoms with Crippen LogP contribution < -0.4 is 10.1 Å². The summed E-state index contributed by atoms with van der Waals surface area (Å²) < 4.78 is 8.17. The van der Waals surface area contributed by atoms with Gasteiger partial charge < -0.3 is 14.6 Å². The molecule has 0 aliphatic carbocycles. The first-order valence-electron chi connectivity index (χ1n) is 12.0. The van der Waals surface area contributed by atoms with Crippen LogP contribution in [0.25, 0.3) is 11.0 Å². The lowest BCUT2D eigenvalue weighted by atomic mass is 9.99. The quantitative estimate of drug-likeness (QED) is 0.328. The molecule has 1 amide bonds. The number of aromatic nitrogens is 2. The van der Waals surface area contributed by atoms with Gasteiger partial charge >= 0.3 is 0 Å². The van der Waals surface area contributed by atoms with Gasteiger partial charge in [-0.1, -0.05) is 55.8 Å². The summed E-state index contributed by atoms with van der Waals surface area (Å²) in [6.45, 7) is 9.93. The van der Waals surface area contributed by atoms with Gasteiger partial charge in [0, 0.05) is 5.56 Å². The van der Waals surface area contributed by atoms with Gasteiger partial charge in [0.15, 0.2) is 0 Å². The average Bonchev–Trinajstić information content (AvgIpc) is 3.20. The number of carbonyl (C=O) groups is 1. The third-order valence-electron chi connectivity index (χ3n) is 6.41. The summed E-state index contributed by atoms with van der Waals surface area (Å²) >= 11 is 0. The van der Waals surface area contributed by atoms with Gasteiger partial charge in [0.2, 0.25) is 0 Å². The van der Waals surface area contributed by atoms with E-state index in [1.165, 1.54) is 5.56 Å². The standard InChI is InChI=1S/C29H33N3O2/c1-5-21(3)23-11-13-24(14-12-23)34-17-16-32-27-9-7-6-8-26(27)31-28(32)19-30-29(33)25-15-10-20(2)18-22(25)4/h6-15,18,21H,5,16-17,19H2,1-4H3,(H,30,33). The molecule has 5 heteroatoms. The predicted molar refractivity (Wildman–Crippen MR) is 137 cm³/mol. The third kappa shape index (κ3) is 5.30. The highest BCUT2D eigenvalue weighted by Crippen LogP contribution is 2.22. The van der Waals surface area contributed by atoms with Crippen LogP contribution in [0.5, 0.6) is 5.75 Å². The van der Waals surface area contributed by atoms with Crippen molar-refractivity contribution >= 4 is 16.9 Å². The van der Waals surface area contributed by atoms with Crippen molar-refractivity contribution in [3.8, 4) is 5.75 Å². The Balaban J connectivity index is 1.45. The van der Waals surface area contributed by atoms with E-state index in [1.807, 2.05) is 62.4 Å². The van der Waals surface area contributed by atoms with Gasteiger partial charge in [0.25, 0.3) is 5.91 Å². The van der Waals surface area contributed by atoms with Gasteiger partial charge in [-0.3, -0.25) is 4.79 Å². The van der Waals surface area contributed by atoms with Crippen LogP contribution >= 0.6 is 0 Å². The van der Waals surface area contributed by atoms with E-state index in [4.69, 9.17) is 9.72 Å². The first-order chi connectivity index (χ1) is 16.5. The van der Waals surface area contributed by atoms with Crippen LogP contribution in [0, 0.1) is 13.8 Å². The second-order valence-corrected chi connectivity index (χ2v) is 8.90. The minimum Gasteiger partial charge on any atom is -0.492 e. The fourth-order valence-corrected chi connectivity index (χ4v) is 4.22. The lowest BCUT2D eigenvalue weighted by Gasteiger charge is -2.13. The summed E-state index contributed by atoms with van der Waals surface area (Å²) in [6.07, 6.45) is 1.12. The highest BCUT2D eigenvalue weighted by Gasteiger charge is 2.14. The van der Waals surface area contributed by atoms with E-state index in [-0.39, 0.29) is 5.91 Å². The maximum atomic E-state index is 12.8. The van der Waals surface area contributed by atoms with Crippen molar-refractivity contribution in [2.45, 2.75) is 53.1 Å². The van der Waals surface area contributed by atoms with Gasteiger partial charge in [-0.15, -0.1) is 0 Å². The van der Waals surface area contributed by atoms with Gasteiger partial charge in [-0.2, -0.15) is 0 Å². The van der Waals surface area contributed by atoms with Crippen molar-refractivity contribution < 1.29 is 9.53 Å². The largest absolute Gasteiger partial charge is 0.492 e. The average molecular weight is 456 g/mol. The first kappa shape index (κ1) is 23.6. The smallest absolute Gasteiger partial charge is 0.251 e. The molecule has 1 atom stereocenters. The van der Waals surface area contributed by atoms with E-state index < -0.39 is 0 Å². The number of benzene rings is 3. The summed E-state index contributed by atoms with van der Waals surface area (Å²) in [6, 6.07) is 22.3. The number of carbonyl (C=O) groups excluding carboxylic acids is 1. The second-order valence-electron chi connectivity index (χ2n) is 8.90. The van der Waals surface area contributed by atoms with Crippen molar-refractivity contribution in [1.82, 2.24) is 14.9 Å². The Labute approximate surface area is 201 Å². The van der Waals surface area contributed by atoms with Crippen molar-refractivity contribution in [3.05, 3.63) is 94.8 Å². The molecule has 4 aromatic rings. The monoisotopic (exact) mass is 455 g/mol. The van der Waals surface area contributed by atoms with Crippen molar-refractivity contribution in [3.63, 3.8) is 0 Å². The van der Waals surface area contributed by atoms with E-state index in [2.05, 4.69) is 41.9 Å². The zero-order chi connectivity index (χ0) is 24.1. The molecule has 0 fully saturated rings. The zero-order valence-electron chi connectivity index (χ0n) is 20.5. The predicted octanol–water partition coefficient (Wildman–Crippen LogP) is 6.18. The Morgan fingerprint density at radius 1 is 1.06 bits per heavy atom. The zero-order valence-corrected chi connectivity index (χ0v) is 20.5. The molecular weight excluding hydrogens is 422 g/mol. The number of hydrogen-bond donors (Lipinski definition) is 1. The van der Waals surface area contributed by atoms with Crippen LogP contribution in [0.2, 0.25) is 0 Å². The molecular formula is C29H33N3O2. The molecule has 1 unspecified atom stereocenters. The molecule has 0 saturated carbocycles. The summed E-state index contributed by atoms with van der Waals surface area (Å²) in [4.78, 5) is 17.6. The Bertz CT molecular complexity index is 1270. The Hall–Kier alpha value is -3.60. The van der Waals surface area contributed by atoms with E-state index in [9.17, 15) is 4.79 Å². The fourth-order valence-electron chi connectivity index (χ4n) is 4.22. The number of nitrogens with zero attached hydrogens (tertiary/aromatic N) is 2. The summed E-state index contributed by atoms with van der Waals surface area (Å²) in [7, 11) is 0. The van der Waals surface area contributed by atoms with Gasteiger partial charge in [0.05, 0.1) is 24.1 Å². The maximum absolute atomic E-state index is 12.8. The lowest BCUT2D eigenvalue weighted by Crippen LogP contribution is -2.26. The molecule has 0 radical (unpaired) electrons. The molecule has 1 aromatic heterocycles. The maximum Gasteiger partial charge on any atom is 0.251 e. The minimum absolute atomic E-state index is 0.0891. The van der Waals surface area contributed by atoms with Crippen LogP contribution in [0.1, 0.15) is 59.1 Å². The number of rotatable bonds is 9. The van der Waals surface area contributed by atoms with Crippen LogP contribution in [-0.4, -0.2) is 22.1 Å². The molecule has 0 spiro atoms. The number of ether oxygens (including phenoxy) is 1. The van der Waals surface area contributed by atoms with Crippen LogP contribution in [0.4, 0.5) is 0 Å². The highest BCUT2D eigenvalue weighted by molar-refractivity contribution is 5.95. The van der Waals surface area contributed by atoms with Crippen LogP contribution in [-0.2, 0) is 13.1 Å². The van der Waals surface area contributed by atoms with Crippen LogP contribution in [0.15, 0.2) is 66.7 Å². The molecule has 4 rings (SSSR count). The van der Waals surface area contributed by atoms with Crippen molar-refractivity contribution in [1.29, 1.82) is 0 Å². The van der Waals surface area contributed by atoms with Crippen molar-refractivity contribution in [2.75, 3.05) is 6.61 Å². The molecule has 0 bridgehead atoms. The molecule has 0 saturated heterocycles. The summed E-state index contributed by atoms with van der Waals surface area (Å²) in [5.41, 5.74) is 6.09. The summed E-state index contributed by atoms with van der Waals surface area (Å²) in [5, 5.41) is 3.04. The van der Waals surface area contributed by atoms with Gasteiger partial charge in [-0.25, -0.2) is 4.98 Å². The van der Waals surface area contributed by atoms with E-state index in [1.54, 1.807) is 0 Å². The molecule has 0 aliphatic rings. The minimum atomic E-state index is -0.0891. The number of imidazole rings is 1. The van der Waals surface area contributed by atoms with Crippen LogP contribution in [0.3, 0.4) is 0 Å². The topological polar surface area (TPSA) is 56.1 Å². The highest BCUT2D eigenvalue weighted by atomic mass is 16.5. The molecule has 0 aliphatic heterocycles. The van der Waals surface area contributed by atoms with E-state index in [0.717, 1.165) is 40.2 Å². The number of nitrogens with one attached hydrogen (secondary N) is 1. The SMILES string of the molecule is CCC(C)c1ccc(OCCn2c(CNC(=O)c3ccc(C)cc3C)nc3ccccc32)cc1. The normalized spacial score (nSPS) is 12.0. The Morgan fingerprint density at radius 3 is 2.56 bits per heavy atom. The number of hydrogen-bond acceptors (Lipinski definition) is 3. The molecule has 1 N–H and O–H groups in total. The molecule has 34 heavy (non-hydrogen) atoms. The lowest BCUT2D eigenvalue weighted by molar-refractivity contribution is 0.0949. The number of para-hydroxylation sites is 2. The van der Waals surface area contributed by atoms with Crippen molar-refractivity contribution in [2.24, 2.45) is 0 Å². The Morgan fingerprint density at radius 2 is 1.82 bits per heavy atom. The van der Waals surface area contributed by atoms with Gasteiger partial charge in [0.1, 0.15) is 18.2 Å². The van der Waals surface area contributed by atoms with E-state index in [0.29, 0.717) is 31.2 Å². The number of amides is 1. The third-order valence-corrected chi connectivity index (χ3v) is 6.41. The fraction of sp³-hybridized carbons (Fsp3) is 0.310. The molecule has 176 valence electrons. The summed E-state index contributed by atoms with van der Waals surface area (Å²) in [5.74, 6) is 2.14. The molecule has 5 nitrogen and oxygen atoms in total. The molecule has 1 heterocycles. The Kier molecular flexibility index (Phi) is 7.31. The number of aryl methyl sites for hydroxylation is 2. The van der Waals surface area contributed by atoms with Gasteiger partial charge in [-0.05, 0) is 67.6 Å². The second kappa shape index (κ2) is 10.6. The first-order valence-corrected chi connectivity index (χ1v) is 12.0. The number of fused-ring (bicyclic) bond motifs is 1. The van der Waals surface area contributed by atoms with E-state index >= 15 is 0 Å². The molecule has 3 aromatic carbocycles.